The normalized spacial score (nSPS) is 10.4. The average Bonchev–Trinajstić information content (AvgIpc) is 2.92. The number of nitrogens with one attached hydrogen (secondary N) is 3. The maximum absolute atomic E-state index is 13.0. The topological polar surface area (TPSA) is 80.1 Å². The van der Waals surface area contributed by atoms with Crippen LogP contribution in [-0.4, -0.2) is 26.9 Å². The molecule has 1 aromatic heterocycles. The van der Waals surface area contributed by atoms with Crippen molar-refractivity contribution in [2.75, 3.05) is 17.2 Å². The number of carbonyl (C=O) groups is 1. The van der Waals surface area contributed by atoms with Crippen LogP contribution in [0.1, 0.15) is 23.0 Å². The third-order valence-electron chi connectivity index (χ3n) is 4.51. The SMILES string of the molecule is CCNC(=S)Nc1cccc(C(=O)Nc2c(C)n(C)n(-c3ccccc3)c2=O)c1. The molecule has 29 heavy (non-hydrogen) atoms. The van der Waals surface area contributed by atoms with Gasteiger partial charge in [-0.15, -0.1) is 0 Å². The van der Waals surface area contributed by atoms with Crippen molar-refractivity contribution in [3.05, 3.63) is 76.2 Å². The third-order valence-corrected chi connectivity index (χ3v) is 4.76. The number of amides is 1. The molecule has 150 valence electrons. The van der Waals surface area contributed by atoms with E-state index < -0.39 is 0 Å². The van der Waals surface area contributed by atoms with E-state index in [-0.39, 0.29) is 17.2 Å². The van der Waals surface area contributed by atoms with E-state index in [0.29, 0.717) is 28.6 Å². The standard InChI is InChI=1S/C21H23N5O2S/c1-4-22-21(29)23-16-10-8-9-15(13-16)19(27)24-18-14(2)25(3)26(20(18)28)17-11-6-5-7-12-17/h5-13H,4H2,1-3H3,(H,24,27)(H2,22,23,29). The number of rotatable bonds is 5. The number of hydrogen-bond acceptors (Lipinski definition) is 3. The molecule has 3 N–H and O–H groups in total. The van der Waals surface area contributed by atoms with Crippen LogP contribution in [-0.2, 0) is 7.05 Å². The quantitative estimate of drug-likeness (QED) is 0.565. The second-order valence-corrected chi connectivity index (χ2v) is 6.86. The van der Waals surface area contributed by atoms with Gasteiger partial charge in [-0.1, -0.05) is 24.3 Å². The summed E-state index contributed by atoms with van der Waals surface area (Å²) in [7, 11) is 1.78. The number of thiocarbonyl (C=S) groups is 1. The summed E-state index contributed by atoms with van der Waals surface area (Å²) < 4.78 is 3.25. The maximum Gasteiger partial charge on any atom is 0.295 e. The molecule has 3 rings (SSSR count). The van der Waals surface area contributed by atoms with E-state index in [0.717, 1.165) is 5.69 Å². The van der Waals surface area contributed by atoms with Crippen LogP contribution in [0.2, 0.25) is 0 Å². The van der Waals surface area contributed by atoms with E-state index in [1.54, 1.807) is 36.9 Å². The Balaban J connectivity index is 1.87. The summed E-state index contributed by atoms with van der Waals surface area (Å²) in [6.45, 7) is 4.44. The number of anilines is 2. The van der Waals surface area contributed by atoms with Gasteiger partial charge in [0.1, 0.15) is 5.69 Å². The maximum atomic E-state index is 13.0. The van der Waals surface area contributed by atoms with Crippen LogP contribution in [0.5, 0.6) is 0 Å². The molecule has 0 saturated heterocycles. The number of para-hydroxylation sites is 1. The summed E-state index contributed by atoms with van der Waals surface area (Å²) in [6, 6.07) is 16.2. The van der Waals surface area contributed by atoms with Crippen LogP contribution in [0.15, 0.2) is 59.4 Å². The van der Waals surface area contributed by atoms with Crippen LogP contribution < -0.4 is 21.5 Å². The molecule has 1 heterocycles. The molecular formula is C21H23N5O2S. The summed E-state index contributed by atoms with van der Waals surface area (Å²) in [5.74, 6) is -0.367. The zero-order valence-corrected chi connectivity index (χ0v) is 17.3. The van der Waals surface area contributed by atoms with Crippen LogP contribution in [0.25, 0.3) is 5.69 Å². The number of hydrogen-bond donors (Lipinski definition) is 3. The van der Waals surface area contributed by atoms with Gasteiger partial charge in [0.2, 0.25) is 0 Å². The minimum atomic E-state index is -0.367. The first-order valence-electron chi connectivity index (χ1n) is 9.22. The van der Waals surface area contributed by atoms with Gasteiger partial charge in [0.05, 0.1) is 11.4 Å². The van der Waals surface area contributed by atoms with Crippen molar-refractivity contribution in [2.45, 2.75) is 13.8 Å². The molecule has 0 aliphatic carbocycles. The smallest absolute Gasteiger partial charge is 0.295 e. The molecule has 0 spiro atoms. The summed E-state index contributed by atoms with van der Waals surface area (Å²) in [5, 5.41) is 9.27. The van der Waals surface area contributed by atoms with Gasteiger partial charge >= 0.3 is 0 Å². The van der Waals surface area contributed by atoms with Crippen LogP contribution in [0.3, 0.4) is 0 Å². The molecule has 0 unspecified atom stereocenters. The van der Waals surface area contributed by atoms with Crippen molar-refractivity contribution >= 4 is 34.6 Å². The lowest BCUT2D eigenvalue weighted by Gasteiger charge is -2.10. The first-order chi connectivity index (χ1) is 13.9. The number of carbonyl (C=O) groups excluding carboxylic acids is 1. The molecule has 0 radical (unpaired) electrons. The highest BCUT2D eigenvalue weighted by Gasteiger charge is 2.19. The third kappa shape index (κ3) is 4.38. The van der Waals surface area contributed by atoms with Crippen molar-refractivity contribution in [3.63, 3.8) is 0 Å². The van der Waals surface area contributed by atoms with E-state index in [4.69, 9.17) is 12.2 Å². The monoisotopic (exact) mass is 409 g/mol. The lowest BCUT2D eigenvalue weighted by atomic mass is 10.2. The lowest BCUT2D eigenvalue weighted by molar-refractivity contribution is 0.102. The Kier molecular flexibility index (Phi) is 6.13. The molecule has 1 amide bonds. The highest BCUT2D eigenvalue weighted by atomic mass is 32.1. The molecule has 7 nitrogen and oxygen atoms in total. The highest BCUT2D eigenvalue weighted by Crippen LogP contribution is 2.16. The Morgan fingerprint density at radius 2 is 1.79 bits per heavy atom. The number of benzene rings is 2. The summed E-state index contributed by atoms with van der Waals surface area (Å²) in [4.78, 5) is 25.7. The Bertz CT molecular complexity index is 1100. The molecular weight excluding hydrogens is 386 g/mol. The molecule has 0 aliphatic heterocycles. The average molecular weight is 410 g/mol. The van der Waals surface area contributed by atoms with Gasteiger partial charge in [-0.3, -0.25) is 14.3 Å². The number of aromatic nitrogens is 2. The van der Waals surface area contributed by atoms with E-state index in [1.165, 1.54) is 4.68 Å². The summed E-state index contributed by atoms with van der Waals surface area (Å²) in [6.07, 6.45) is 0. The molecule has 3 aromatic rings. The Morgan fingerprint density at radius 3 is 2.48 bits per heavy atom. The Labute approximate surface area is 174 Å². The van der Waals surface area contributed by atoms with Crippen molar-refractivity contribution in [1.82, 2.24) is 14.7 Å². The van der Waals surface area contributed by atoms with Crippen molar-refractivity contribution in [2.24, 2.45) is 7.05 Å². The zero-order chi connectivity index (χ0) is 21.0. The second kappa shape index (κ2) is 8.74. The molecule has 0 bridgehead atoms. The lowest BCUT2D eigenvalue weighted by Crippen LogP contribution is -2.28. The van der Waals surface area contributed by atoms with Crippen molar-refractivity contribution < 1.29 is 4.79 Å². The first kappa shape index (κ1) is 20.3. The van der Waals surface area contributed by atoms with Gasteiger partial charge < -0.3 is 16.0 Å². The van der Waals surface area contributed by atoms with Crippen LogP contribution >= 0.6 is 12.2 Å². The Hall–Kier alpha value is -3.39. The molecule has 0 aliphatic rings. The molecule has 0 saturated carbocycles. The highest BCUT2D eigenvalue weighted by molar-refractivity contribution is 7.80. The fourth-order valence-electron chi connectivity index (χ4n) is 2.97. The Morgan fingerprint density at radius 1 is 1.07 bits per heavy atom. The minimum Gasteiger partial charge on any atom is -0.363 e. The second-order valence-electron chi connectivity index (χ2n) is 6.46. The molecule has 0 atom stereocenters. The van der Waals surface area contributed by atoms with Crippen molar-refractivity contribution in [1.29, 1.82) is 0 Å². The molecule has 2 aromatic carbocycles. The van der Waals surface area contributed by atoms with E-state index in [9.17, 15) is 9.59 Å². The summed E-state index contributed by atoms with van der Waals surface area (Å²) >= 11 is 5.18. The van der Waals surface area contributed by atoms with Crippen LogP contribution in [0.4, 0.5) is 11.4 Å². The van der Waals surface area contributed by atoms with Gasteiger partial charge in [-0.25, -0.2) is 4.68 Å². The summed E-state index contributed by atoms with van der Waals surface area (Å²) in [5.41, 5.74) is 2.47. The first-order valence-corrected chi connectivity index (χ1v) is 9.63. The predicted molar refractivity (Wildman–Crippen MR) is 120 cm³/mol. The van der Waals surface area contributed by atoms with E-state index >= 15 is 0 Å². The van der Waals surface area contributed by atoms with Gasteiger partial charge in [0, 0.05) is 24.8 Å². The van der Waals surface area contributed by atoms with Gasteiger partial charge in [0.15, 0.2) is 5.11 Å². The van der Waals surface area contributed by atoms with Crippen molar-refractivity contribution in [3.8, 4) is 5.69 Å². The van der Waals surface area contributed by atoms with Gasteiger partial charge in [-0.05, 0) is 56.4 Å². The fraction of sp³-hybridized carbons (Fsp3) is 0.190. The fourth-order valence-corrected chi connectivity index (χ4v) is 3.23. The molecule has 8 heteroatoms. The largest absolute Gasteiger partial charge is 0.363 e. The zero-order valence-electron chi connectivity index (χ0n) is 16.5. The van der Waals surface area contributed by atoms with Gasteiger partial charge in [-0.2, -0.15) is 0 Å². The number of nitrogens with zero attached hydrogens (tertiary/aromatic N) is 2. The molecule has 0 fully saturated rings. The van der Waals surface area contributed by atoms with Crippen LogP contribution in [0, 0.1) is 6.92 Å². The van der Waals surface area contributed by atoms with Gasteiger partial charge in [0.25, 0.3) is 11.5 Å². The minimum absolute atomic E-state index is 0.253. The van der Waals surface area contributed by atoms with E-state index in [2.05, 4.69) is 16.0 Å². The van der Waals surface area contributed by atoms with E-state index in [1.807, 2.05) is 43.3 Å². The predicted octanol–water partition coefficient (Wildman–Crippen LogP) is 3.04.